The molecule has 0 bridgehead atoms. The molecule has 1 saturated heterocycles. The van der Waals surface area contributed by atoms with Crippen LogP contribution < -0.4 is 0 Å². The molecule has 0 radical (unpaired) electrons. The molecule has 6 nitrogen and oxygen atoms in total. The van der Waals surface area contributed by atoms with Crippen molar-refractivity contribution in [3.05, 3.63) is 0 Å². The Hall–Kier alpha value is -1.43. The van der Waals surface area contributed by atoms with Gasteiger partial charge in [0.05, 0.1) is 5.41 Å². The first kappa shape index (κ1) is 10.1. The standard InChI is InChI=1S/C9H11NO5/c11-6-3-15-4-7(12)10(6)5-9(1-2-9)8(13)14/h1-5H2,(H,13,14). The normalized spacial score (nSPS) is 24.1. The number of carboxylic acid groups (broad SMARTS) is 1. The Labute approximate surface area is 85.8 Å². The molecular weight excluding hydrogens is 202 g/mol. The molecule has 1 saturated carbocycles. The summed E-state index contributed by atoms with van der Waals surface area (Å²) in [6.07, 6.45) is 1.06. The number of imide groups is 1. The van der Waals surface area contributed by atoms with Crippen LogP contribution in [0.25, 0.3) is 0 Å². The Morgan fingerprint density at radius 1 is 1.33 bits per heavy atom. The number of rotatable bonds is 3. The maximum Gasteiger partial charge on any atom is 0.311 e. The number of hydrogen-bond donors (Lipinski definition) is 1. The smallest absolute Gasteiger partial charge is 0.311 e. The van der Waals surface area contributed by atoms with Crippen LogP contribution >= 0.6 is 0 Å². The van der Waals surface area contributed by atoms with Crippen LogP contribution in [-0.2, 0) is 19.1 Å². The minimum absolute atomic E-state index is 0.0106. The van der Waals surface area contributed by atoms with Gasteiger partial charge < -0.3 is 9.84 Å². The van der Waals surface area contributed by atoms with Crippen LogP contribution in [0.1, 0.15) is 12.8 Å². The predicted molar refractivity (Wildman–Crippen MR) is 46.8 cm³/mol. The number of aliphatic carboxylic acids is 1. The largest absolute Gasteiger partial charge is 0.481 e. The van der Waals surface area contributed by atoms with Gasteiger partial charge in [-0.3, -0.25) is 19.3 Å². The maximum absolute atomic E-state index is 11.3. The number of morpholine rings is 1. The van der Waals surface area contributed by atoms with Crippen LogP contribution in [0.5, 0.6) is 0 Å². The van der Waals surface area contributed by atoms with E-state index in [0.717, 1.165) is 4.90 Å². The Kier molecular flexibility index (Phi) is 2.22. The van der Waals surface area contributed by atoms with Crippen LogP contribution in [-0.4, -0.2) is 47.5 Å². The Balaban J connectivity index is 2.07. The second kappa shape index (κ2) is 3.30. The summed E-state index contributed by atoms with van der Waals surface area (Å²) in [6.45, 7) is -0.285. The van der Waals surface area contributed by atoms with Crippen molar-refractivity contribution in [3.63, 3.8) is 0 Å². The van der Waals surface area contributed by atoms with Gasteiger partial charge in [-0.25, -0.2) is 0 Å². The molecule has 0 aromatic rings. The fourth-order valence-corrected chi connectivity index (χ4v) is 1.59. The van der Waals surface area contributed by atoms with Crippen molar-refractivity contribution in [2.75, 3.05) is 19.8 Å². The van der Waals surface area contributed by atoms with Gasteiger partial charge in [-0.15, -0.1) is 0 Å². The van der Waals surface area contributed by atoms with Crippen molar-refractivity contribution in [1.82, 2.24) is 4.90 Å². The van der Waals surface area contributed by atoms with Gasteiger partial charge in [0.15, 0.2) is 0 Å². The Morgan fingerprint density at radius 2 is 1.87 bits per heavy atom. The summed E-state index contributed by atoms with van der Waals surface area (Å²) in [7, 11) is 0. The van der Waals surface area contributed by atoms with E-state index < -0.39 is 23.2 Å². The lowest BCUT2D eigenvalue weighted by atomic mass is 10.1. The van der Waals surface area contributed by atoms with Crippen LogP contribution in [0.4, 0.5) is 0 Å². The molecule has 1 N–H and O–H groups in total. The van der Waals surface area contributed by atoms with Crippen molar-refractivity contribution in [1.29, 1.82) is 0 Å². The monoisotopic (exact) mass is 213 g/mol. The molecule has 2 amide bonds. The molecule has 15 heavy (non-hydrogen) atoms. The van der Waals surface area contributed by atoms with Gasteiger partial charge >= 0.3 is 5.97 Å². The van der Waals surface area contributed by atoms with Gasteiger partial charge in [0.2, 0.25) is 0 Å². The van der Waals surface area contributed by atoms with E-state index in [-0.39, 0.29) is 19.8 Å². The second-order valence-electron chi connectivity index (χ2n) is 3.95. The molecule has 2 aliphatic rings. The summed E-state index contributed by atoms with van der Waals surface area (Å²) in [4.78, 5) is 34.5. The second-order valence-corrected chi connectivity index (χ2v) is 3.95. The lowest BCUT2D eigenvalue weighted by Crippen LogP contribution is -2.49. The van der Waals surface area contributed by atoms with Crippen LogP contribution in [0.2, 0.25) is 0 Å². The molecule has 82 valence electrons. The van der Waals surface area contributed by atoms with Crippen molar-refractivity contribution in [2.24, 2.45) is 5.41 Å². The summed E-state index contributed by atoms with van der Waals surface area (Å²) in [5.41, 5.74) is -0.886. The first-order valence-electron chi connectivity index (χ1n) is 4.69. The molecule has 2 fully saturated rings. The molecule has 0 aromatic carbocycles. The molecule has 2 rings (SSSR count). The first-order valence-corrected chi connectivity index (χ1v) is 4.69. The van der Waals surface area contributed by atoms with Crippen molar-refractivity contribution >= 4 is 17.8 Å². The van der Waals surface area contributed by atoms with E-state index in [1.807, 2.05) is 0 Å². The molecule has 6 heteroatoms. The van der Waals surface area contributed by atoms with E-state index in [1.165, 1.54) is 0 Å². The Morgan fingerprint density at radius 3 is 2.27 bits per heavy atom. The zero-order valence-corrected chi connectivity index (χ0v) is 8.06. The summed E-state index contributed by atoms with van der Waals surface area (Å²) in [5, 5.41) is 8.93. The summed E-state index contributed by atoms with van der Waals surface area (Å²) >= 11 is 0. The fraction of sp³-hybridized carbons (Fsp3) is 0.667. The SMILES string of the molecule is O=C1COCC(=O)N1CC1(C(=O)O)CC1. The maximum atomic E-state index is 11.3. The number of amides is 2. The zero-order valence-electron chi connectivity index (χ0n) is 8.06. The number of carboxylic acids is 1. The lowest BCUT2D eigenvalue weighted by molar-refractivity contribution is -0.161. The molecule has 1 aliphatic carbocycles. The molecular formula is C9H11NO5. The predicted octanol–water partition coefficient (Wildman–Crippen LogP) is -0.763. The average molecular weight is 213 g/mol. The third-order valence-electron chi connectivity index (χ3n) is 2.82. The van der Waals surface area contributed by atoms with Gasteiger partial charge in [-0.1, -0.05) is 0 Å². The van der Waals surface area contributed by atoms with Crippen molar-refractivity contribution in [3.8, 4) is 0 Å². The molecule has 1 heterocycles. The van der Waals surface area contributed by atoms with E-state index >= 15 is 0 Å². The van der Waals surface area contributed by atoms with Crippen molar-refractivity contribution < 1.29 is 24.2 Å². The molecule has 0 aromatic heterocycles. The minimum Gasteiger partial charge on any atom is -0.481 e. The van der Waals surface area contributed by atoms with Gasteiger partial charge in [-0.2, -0.15) is 0 Å². The van der Waals surface area contributed by atoms with E-state index in [2.05, 4.69) is 0 Å². The van der Waals surface area contributed by atoms with E-state index in [0.29, 0.717) is 12.8 Å². The summed E-state index contributed by atoms with van der Waals surface area (Å²) in [6, 6.07) is 0. The van der Waals surface area contributed by atoms with Crippen LogP contribution in [0, 0.1) is 5.41 Å². The number of carbonyl (C=O) groups is 3. The van der Waals surface area contributed by atoms with E-state index in [9.17, 15) is 14.4 Å². The quantitative estimate of drug-likeness (QED) is 0.623. The van der Waals surface area contributed by atoms with Crippen molar-refractivity contribution in [2.45, 2.75) is 12.8 Å². The van der Waals surface area contributed by atoms with E-state index in [1.54, 1.807) is 0 Å². The van der Waals surface area contributed by atoms with Gasteiger partial charge in [0.1, 0.15) is 13.2 Å². The number of ether oxygens (including phenoxy) is 1. The average Bonchev–Trinajstić information content (AvgIpc) is 2.93. The van der Waals surface area contributed by atoms with Gasteiger partial charge in [0, 0.05) is 6.54 Å². The highest BCUT2D eigenvalue weighted by Gasteiger charge is 2.53. The topological polar surface area (TPSA) is 83.9 Å². The van der Waals surface area contributed by atoms with Crippen LogP contribution in [0.3, 0.4) is 0 Å². The molecule has 0 atom stereocenters. The number of nitrogens with zero attached hydrogens (tertiary/aromatic N) is 1. The first-order chi connectivity index (χ1) is 7.05. The Bertz CT molecular complexity index is 317. The summed E-state index contributed by atoms with van der Waals surface area (Å²) < 4.78 is 4.73. The molecule has 1 aliphatic heterocycles. The zero-order chi connectivity index (χ0) is 11.1. The van der Waals surface area contributed by atoms with Gasteiger partial charge in [0.25, 0.3) is 11.8 Å². The third kappa shape index (κ3) is 1.72. The third-order valence-corrected chi connectivity index (χ3v) is 2.82. The number of carbonyl (C=O) groups excluding carboxylic acids is 2. The minimum atomic E-state index is -0.936. The lowest BCUT2D eigenvalue weighted by Gasteiger charge is -2.27. The molecule has 0 unspecified atom stereocenters. The van der Waals surface area contributed by atoms with E-state index in [4.69, 9.17) is 9.84 Å². The summed E-state index contributed by atoms with van der Waals surface area (Å²) in [5.74, 6) is -1.83. The highest BCUT2D eigenvalue weighted by Crippen LogP contribution is 2.46. The van der Waals surface area contributed by atoms with Gasteiger partial charge in [-0.05, 0) is 12.8 Å². The highest BCUT2D eigenvalue weighted by atomic mass is 16.5. The molecule has 0 spiro atoms. The fourth-order valence-electron chi connectivity index (χ4n) is 1.59. The van der Waals surface area contributed by atoms with Crippen LogP contribution in [0.15, 0.2) is 0 Å². The number of hydrogen-bond acceptors (Lipinski definition) is 4. The highest BCUT2D eigenvalue weighted by molar-refractivity contribution is 5.99.